The first-order valence-corrected chi connectivity index (χ1v) is 9.39. The van der Waals surface area contributed by atoms with E-state index in [1.54, 1.807) is 24.3 Å². The lowest BCUT2D eigenvalue weighted by Crippen LogP contribution is -2.44. The number of anilines is 1. The molecule has 1 saturated carbocycles. The van der Waals surface area contributed by atoms with E-state index in [0.717, 1.165) is 17.7 Å². The molecule has 4 amide bonds. The van der Waals surface area contributed by atoms with E-state index in [-0.39, 0.29) is 42.6 Å². The molecule has 1 saturated heterocycles. The number of benzene rings is 1. The van der Waals surface area contributed by atoms with Crippen molar-refractivity contribution in [3.63, 3.8) is 0 Å². The number of imide groups is 1. The molecule has 7 nitrogen and oxygen atoms in total. The third-order valence-electron chi connectivity index (χ3n) is 5.16. The lowest BCUT2D eigenvalue weighted by Gasteiger charge is -2.20. The molecule has 1 aromatic rings. The number of hydrogen-bond donors (Lipinski definition) is 1. The van der Waals surface area contributed by atoms with E-state index in [4.69, 9.17) is 11.6 Å². The molecule has 3 rings (SSSR count). The van der Waals surface area contributed by atoms with E-state index in [2.05, 4.69) is 5.32 Å². The second-order valence-electron chi connectivity index (χ2n) is 7.06. The molecular formula is C19H22ClN3O4. The van der Waals surface area contributed by atoms with Crippen molar-refractivity contribution >= 4 is 40.9 Å². The fraction of sp³-hybridized carbons (Fsp3) is 0.474. The molecule has 0 bridgehead atoms. The van der Waals surface area contributed by atoms with Crippen molar-refractivity contribution in [3.05, 3.63) is 29.3 Å². The van der Waals surface area contributed by atoms with E-state index in [1.807, 2.05) is 0 Å². The van der Waals surface area contributed by atoms with E-state index >= 15 is 0 Å². The first-order chi connectivity index (χ1) is 12.9. The van der Waals surface area contributed by atoms with Crippen LogP contribution in [0.4, 0.5) is 5.69 Å². The van der Waals surface area contributed by atoms with Gasteiger partial charge in [-0.05, 0) is 37.1 Å². The first-order valence-electron chi connectivity index (χ1n) is 9.01. The van der Waals surface area contributed by atoms with Gasteiger partial charge in [0.25, 0.3) is 0 Å². The van der Waals surface area contributed by atoms with Crippen LogP contribution in [0.2, 0.25) is 5.02 Å². The summed E-state index contributed by atoms with van der Waals surface area (Å²) in [5.41, 5.74) is 0.569. The number of likely N-dealkylation sites (tertiary alicyclic amines) is 1. The van der Waals surface area contributed by atoms with Crippen LogP contribution in [0.3, 0.4) is 0 Å². The summed E-state index contributed by atoms with van der Waals surface area (Å²) in [6, 6.07) is 6.61. The Morgan fingerprint density at radius 3 is 2.22 bits per heavy atom. The molecular weight excluding hydrogens is 370 g/mol. The number of carbonyl (C=O) groups excluding carboxylic acids is 4. The molecule has 1 N–H and O–H groups in total. The van der Waals surface area contributed by atoms with Gasteiger partial charge in [0, 0.05) is 17.8 Å². The number of carbonyl (C=O) groups is 4. The number of hydrogen-bond acceptors (Lipinski definition) is 4. The van der Waals surface area contributed by atoms with Crippen molar-refractivity contribution < 1.29 is 19.2 Å². The van der Waals surface area contributed by atoms with Crippen molar-refractivity contribution in [2.45, 2.75) is 25.7 Å². The maximum absolute atomic E-state index is 12.4. The Hall–Kier alpha value is -2.41. The molecule has 2 atom stereocenters. The van der Waals surface area contributed by atoms with Crippen LogP contribution in [0, 0.1) is 11.8 Å². The van der Waals surface area contributed by atoms with Crippen LogP contribution in [0.15, 0.2) is 24.3 Å². The van der Waals surface area contributed by atoms with Crippen LogP contribution in [0.5, 0.6) is 0 Å². The molecule has 8 heteroatoms. The van der Waals surface area contributed by atoms with Crippen molar-refractivity contribution in [1.82, 2.24) is 9.80 Å². The maximum atomic E-state index is 12.4. The Kier molecular flexibility index (Phi) is 5.79. The second-order valence-corrected chi connectivity index (χ2v) is 7.50. The van der Waals surface area contributed by atoms with Gasteiger partial charge in [0.05, 0.1) is 18.4 Å². The number of nitrogens with zero attached hydrogens (tertiary/aromatic N) is 2. The topological polar surface area (TPSA) is 86.8 Å². The SMILES string of the molecule is CN(CC(=O)Nc1ccc(Cl)cc1)C(=O)CN1C(=O)[C@H]2CCCC[C@H]2C1=O. The molecule has 1 aliphatic heterocycles. The van der Waals surface area contributed by atoms with Gasteiger partial charge in [0.15, 0.2) is 0 Å². The van der Waals surface area contributed by atoms with Crippen LogP contribution in [-0.4, -0.2) is 53.6 Å². The summed E-state index contributed by atoms with van der Waals surface area (Å²) < 4.78 is 0. The van der Waals surface area contributed by atoms with Gasteiger partial charge in [-0.25, -0.2) is 0 Å². The minimum absolute atomic E-state index is 0.176. The summed E-state index contributed by atoms with van der Waals surface area (Å²) in [4.78, 5) is 51.7. The summed E-state index contributed by atoms with van der Waals surface area (Å²) in [5.74, 6) is -1.88. The molecule has 144 valence electrons. The summed E-state index contributed by atoms with van der Waals surface area (Å²) in [6.07, 6.45) is 3.29. The van der Waals surface area contributed by atoms with Crippen molar-refractivity contribution in [1.29, 1.82) is 0 Å². The number of halogens is 1. The quantitative estimate of drug-likeness (QED) is 0.777. The molecule has 0 unspecified atom stereocenters. The fourth-order valence-corrected chi connectivity index (χ4v) is 3.81. The lowest BCUT2D eigenvalue weighted by atomic mass is 9.81. The highest BCUT2D eigenvalue weighted by Crippen LogP contribution is 2.37. The average Bonchev–Trinajstić information content (AvgIpc) is 2.89. The summed E-state index contributed by atoms with van der Waals surface area (Å²) in [6.45, 7) is -0.486. The van der Waals surface area contributed by atoms with Gasteiger partial charge in [0.2, 0.25) is 23.6 Å². The Morgan fingerprint density at radius 2 is 1.67 bits per heavy atom. The second kappa shape index (κ2) is 8.08. The van der Waals surface area contributed by atoms with E-state index in [1.165, 1.54) is 11.9 Å². The normalized spacial score (nSPS) is 21.8. The minimum atomic E-state index is -0.443. The molecule has 0 spiro atoms. The third kappa shape index (κ3) is 4.30. The number of fused-ring (bicyclic) bond motifs is 1. The van der Waals surface area contributed by atoms with Gasteiger partial charge >= 0.3 is 0 Å². The van der Waals surface area contributed by atoms with Gasteiger partial charge in [-0.3, -0.25) is 24.1 Å². The zero-order valence-electron chi connectivity index (χ0n) is 15.1. The van der Waals surface area contributed by atoms with Crippen LogP contribution >= 0.6 is 11.6 Å². The number of likely N-dealkylation sites (N-methyl/N-ethyl adjacent to an activating group) is 1. The minimum Gasteiger partial charge on any atom is -0.335 e. The molecule has 1 heterocycles. The Bertz CT molecular complexity index is 741. The average molecular weight is 392 g/mol. The number of amides is 4. The monoisotopic (exact) mass is 391 g/mol. The lowest BCUT2D eigenvalue weighted by molar-refractivity contribution is -0.146. The Morgan fingerprint density at radius 1 is 1.11 bits per heavy atom. The molecule has 0 radical (unpaired) electrons. The summed E-state index contributed by atoms with van der Waals surface area (Å²) in [7, 11) is 1.47. The molecule has 27 heavy (non-hydrogen) atoms. The Balaban J connectivity index is 1.54. The molecule has 2 aliphatic rings. The summed E-state index contributed by atoms with van der Waals surface area (Å²) >= 11 is 5.80. The third-order valence-corrected chi connectivity index (χ3v) is 5.41. The number of nitrogens with one attached hydrogen (secondary N) is 1. The molecule has 0 aromatic heterocycles. The van der Waals surface area contributed by atoms with E-state index in [9.17, 15) is 19.2 Å². The highest BCUT2D eigenvalue weighted by molar-refractivity contribution is 6.30. The van der Waals surface area contributed by atoms with Crippen LogP contribution in [-0.2, 0) is 19.2 Å². The van der Waals surface area contributed by atoms with Gasteiger partial charge in [0.1, 0.15) is 6.54 Å². The van der Waals surface area contributed by atoms with E-state index in [0.29, 0.717) is 23.6 Å². The standard InChI is InChI=1S/C19H22ClN3O4/c1-22(10-16(24)21-13-8-6-12(20)7-9-13)17(25)11-23-18(26)14-4-2-3-5-15(14)19(23)27/h6-9,14-15H,2-5,10-11H2,1H3,(H,21,24)/t14-,15+. The molecule has 1 aromatic carbocycles. The zero-order chi connectivity index (χ0) is 19.6. The van der Waals surface area contributed by atoms with Crippen LogP contribution in [0.1, 0.15) is 25.7 Å². The maximum Gasteiger partial charge on any atom is 0.243 e. The van der Waals surface area contributed by atoms with Crippen LogP contribution < -0.4 is 5.32 Å². The summed E-state index contributed by atoms with van der Waals surface area (Å²) in [5, 5.41) is 3.22. The van der Waals surface area contributed by atoms with Gasteiger partial charge in [-0.1, -0.05) is 24.4 Å². The van der Waals surface area contributed by atoms with Gasteiger partial charge in [-0.15, -0.1) is 0 Å². The van der Waals surface area contributed by atoms with Crippen molar-refractivity contribution in [3.8, 4) is 0 Å². The van der Waals surface area contributed by atoms with Gasteiger partial charge in [-0.2, -0.15) is 0 Å². The predicted molar refractivity (Wildman–Crippen MR) is 99.9 cm³/mol. The first kappa shape index (κ1) is 19.4. The molecule has 2 fully saturated rings. The van der Waals surface area contributed by atoms with Crippen molar-refractivity contribution in [2.24, 2.45) is 11.8 Å². The zero-order valence-corrected chi connectivity index (χ0v) is 15.9. The smallest absolute Gasteiger partial charge is 0.243 e. The highest BCUT2D eigenvalue weighted by Gasteiger charge is 2.48. The Labute approximate surface area is 162 Å². The van der Waals surface area contributed by atoms with Crippen molar-refractivity contribution in [2.75, 3.05) is 25.5 Å². The van der Waals surface area contributed by atoms with E-state index < -0.39 is 5.91 Å². The fourth-order valence-electron chi connectivity index (χ4n) is 3.68. The van der Waals surface area contributed by atoms with Crippen LogP contribution in [0.25, 0.3) is 0 Å². The predicted octanol–water partition coefficient (Wildman–Crippen LogP) is 1.91. The molecule has 1 aliphatic carbocycles. The van der Waals surface area contributed by atoms with Gasteiger partial charge < -0.3 is 10.2 Å². The largest absolute Gasteiger partial charge is 0.335 e. The number of rotatable bonds is 5. The highest BCUT2D eigenvalue weighted by atomic mass is 35.5.